The first kappa shape index (κ1) is 14.6. The summed E-state index contributed by atoms with van der Waals surface area (Å²) in [5.74, 6) is 0. The Balaban J connectivity index is 1.89. The van der Waals surface area contributed by atoms with Gasteiger partial charge in [0.15, 0.2) is 0 Å². The lowest BCUT2D eigenvalue weighted by molar-refractivity contribution is 0.252. The Kier molecular flexibility index (Phi) is 4.76. The molecule has 1 heterocycles. The molecule has 6 heteroatoms. The number of benzene rings is 1. The first-order valence-corrected chi connectivity index (χ1v) is 7.17. The molecule has 4 nitrogen and oxygen atoms in total. The van der Waals surface area contributed by atoms with Crippen LogP contribution < -0.4 is 10.7 Å². The van der Waals surface area contributed by atoms with E-state index >= 15 is 0 Å². The van der Waals surface area contributed by atoms with Gasteiger partial charge in [0.1, 0.15) is 0 Å². The van der Waals surface area contributed by atoms with E-state index in [1.807, 2.05) is 38.1 Å². The lowest BCUT2D eigenvalue weighted by atomic mass is 10.1. The van der Waals surface area contributed by atoms with Gasteiger partial charge in [-0.3, -0.25) is 0 Å². The van der Waals surface area contributed by atoms with Gasteiger partial charge in [-0.05, 0) is 49.2 Å². The van der Waals surface area contributed by atoms with Crippen molar-refractivity contribution in [2.24, 2.45) is 5.10 Å². The number of hydrogen-bond acceptors (Lipinski definition) is 3. The van der Waals surface area contributed by atoms with Crippen LogP contribution in [0.4, 0.5) is 10.5 Å². The van der Waals surface area contributed by atoms with Crippen molar-refractivity contribution in [2.75, 3.05) is 5.32 Å². The van der Waals surface area contributed by atoms with Crippen molar-refractivity contribution in [1.29, 1.82) is 0 Å². The molecule has 0 aliphatic heterocycles. The number of amides is 2. The number of urea groups is 1. The summed E-state index contributed by atoms with van der Waals surface area (Å²) >= 11 is 7.19. The summed E-state index contributed by atoms with van der Waals surface area (Å²) in [7, 11) is 0. The minimum absolute atomic E-state index is 0.382. The Morgan fingerprint density at radius 2 is 2.05 bits per heavy atom. The maximum atomic E-state index is 11.6. The molecule has 0 saturated heterocycles. The highest BCUT2D eigenvalue weighted by molar-refractivity contribution is 7.17. The summed E-state index contributed by atoms with van der Waals surface area (Å²) < 4.78 is 0.686. The van der Waals surface area contributed by atoms with Crippen molar-refractivity contribution < 1.29 is 4.79 Å². The van der Waals surface area contributed by atoms with Crippen LogP contribution >= 0.6 is 22.9 Å². The molecule has 20 heavy (non-hydrogen) atoms. The smallest absolute Gasteiger partial charge is 0.307 e. The van der Waals surface area contributed by atoms with Crippen LogP contribution in [0.15, 0.2) is 35.4 Å². The molecule has 0 fully saturated rings. The number of hydrazone groups is 1. The highest BCUT2D eigenvalue weighted by atomic mass is 35.5. The largest absolute Gasteiger partial charge is 0.339 e. The average Bonchev–Trinajstić information content (AvgIpc) is 2.80. The van der Waals surface area contributed by atoms with Crippen molar-refractivity contribution in [1.82, 2.24) is 5.43 Å². The number of hydrogen-bond donors (Lipinski definition) is 2. The first-order chi connectivity index (χ1) is 9.54. The number of anilines is 1. The molecule has 2 rings (SSSR count). The molecule has 1 aromatic heterocycles. The summed E-state index contributed by atoms with van der Waals surface area (Å²) in [5, 5.41) is 6.57. The fourth-order valence-electron chi connectivity index (χ4n) is 1.53. The normalized spacial score (nSPS) is 10.8. The van der Waals surface area contributed by atoms with Gasteiger partial charge in [0.25, 0.3) is 0 Å². The number of aryl methyl sites for hydroxylation is 2. The third-order valence-electron chi connectivity index (χ3n) is 2.72. The predicted octanol–water partition coefficient (Wildman–Crippen LogP) is 4.17. The molecule has 0 spiro atoms. The summed E-state index contributed by atoms with van der Waals surface area (Å²) in [6.07, 6.45) is 1.55. The lowest BCUT2D eigenvalue weighted by Crippen LogP contribution is -2.24. The summed E-state index contributed by atoms with van der Waals surface area (Å²) in [6.45, 7) is 4.02. The third kappa shape index (κ3) is 4.08. The van der Waals surface area contributed by atoms with Crippen LogP contribution in [0.25, 0.3) is 0 Å². The van der Waals surface area contributed by atoms with Gasteiger partial charge in [-0.15, -0.1) is 11.3 Å². The Bertz CT molecular complexity index is 652. The lowest BCUT2D eigenvalue weighted by Gasteiger charge is -2.06. The number of thiophene rings is 1. The molecule has 2 amide bonds. The highest BCUT2D eigenvalue weighted by Crippen LogP contribution is 2.19. The standard InChI is InChI=1S/C14H14ClN3OS/c1-9-3-4-11(7-10(9)2)17-14(19)18-16-8-12-5-6-13(15)20-12/h3-8H,1-2H3,(H2,17,18,19). The maximum absolute atomic E-state index is 11.6. The zero-order valence-corrected chi connectivity index (χ0v) is 12.7. The Morgan fingerprint density at radius 1 is 1.25 bits per heavy atom. The Morgan fingerprint density at radius 3 is 2.70 bits per heavy atom. The summed E-state index contributed by atoms with van der Waals surface area (Å²) in [4.78, 5) is 12.5. The molecule has 0 aliphatic rings. The minimum atomic E-state index is -0.382. The minimum Gasteiger partial charge on any atom is -0.307 e. The number of carbonyl (C=O) groups is 1. The van der Waals surface area contributed by atoms with Gasteiger partial charge < -0.3 is 5.32 Å². The number of nitrogens with zero attached hydrogens (tertiary/aromatic N) is 1. The third-order valence-corrected chi connectivity index (χ3v) is 3.88. The number of nitrogens with one attached hydrogen (secondary N) is 2. The molecule has 2 N–H and O–H groups in total. The molecule has 0 unspecified atom stereocenters. The first-order valence-electron chi connectivity index (χ1n) is 5.97. The fourth-order valence-corrected chi connectivity index (χ4v) is 2.46. The molecule has 104 valence electrons. The molecule has 0 saturated carbocycles. The van der Waals surface area contributed by atoms with Gasteiger partial charge in [0, 0.05) is 10.6 Å². The summed E-state index contributed by atoms with van der Waals surface area (Å²) in [6, 6.07) is 8.96. The van der Waals surface area contributed by atoms with Crippen molar-refractivity contribution in [3.8, 4) is 0 Å². The van der Waals surface area contributed by atoms with Crippen molar-refractivity contribution in [2.45, 2.75) is 13.8 Å². The van der Waals surface area contributed by atoms with E-state index in [1.165, 1.54) is 16.9 Å². The predicted molar refractivity (Wildman–Crippen MR) is 85.0 cm³/mol. The van der Waals surface area contributed by atoms with E-state index in [9.17, 15) is 4.79 Å². The second-order valence-corrected chi connectivity index (χ2v) is 6.01. The van der Waals surface area contributed by atoms with Gasteiger partial charge >= 0.3 is 6.03 Å². The van der Waals surface area contributed by atoms with Gasteiger partial charge in [-0.25, -0.2) is 10.2 Å². The van der Waals surface area contributed by atoms with E-state index < -0.39 is 0 Å². The van der Waals surface area contributed by atoms with Gasteiger partial charge in [0.05, 0.1) is 10.6 Å². The molecule has 0 radical (unpaired) electrons. The van der Waals surface area contributed by atoms with Crippen LogP contribution in [0.3, 0.4) is 0 Å². The highest BCUT2D eigenvalue weighted by Gasteiger charge is 2.01. The molecule has 0 aliphatic carbocycles. The van der Waals surface area contributed by atoms with Crippen LogP contribution in [-0.2, 0) is 0 Å². The number of rotatable bonds is 3. The Hall–Kier alpha value is -1.85. The SMILES string of the molecule is Cc1ccc(NC(=O)NN=Cc2ccc(Cl)s2)cc1C. The van der Waals surface area contributed by atoms with E-state index in [4.69, 9.17) is 11.6 Å². The quantitative estimate of drug-likeness (QED) is 0.649. The molecule has 2 aromatic rings. The van der Waals surface area contributed by atoms with Crippen LogP contribution in [0, 0.1) is 13.8 Å². The Labute approximate surface area is 126 Å². The zero-order valence-electron chi connectivity index (χ0n) is 11.1. The number of halogens is 1. The van der Waals surface area contributed by atoms with Gasteiger partial charge in [-0.1, -0.05) is 17.7 Å². The molecule has 0 atom stereocenters. The van der Waals surface area contributed by atoms with Crippen molar-refractivity contribution >= 4 is 40.9 Å². The van der Waals surface area contributed by atoms with E-state index in [1.54, 1.807) is 12.3 Å². The summed E-state index contributed by atoms with van der Waals surface area (Å²) in [5.41, 5.74) is 5.45. The van der Waals surface area contributed by atoms with E-state index in [0.29, 0.717) is 4.34 Å². The van der Waals surface area contributed by atoms with Crippen LogP contribution in [-0.4, -0.2) is 12.2 Å². The zero-order chi connectivity index (χ0) is 14.5. The van der Waals surface area contributed by atoms with E-state index in [-0.39, 0.29) is 6.03 Å². The van der Waals surface area contributed by atoms with Crippen molar-refractivity contribution in [3.05, 3.63) is 50.7 Å². The second kappa shape index (κ2) is 6.54. The topological polar surface area (TPSA) is 53.5 Å². The molecular formula is C14H14ClN3OS. The van der Waals surface area contributed by atoms with Gasteiger partial charge in [0.2, 0.25) is 0 Å². The van der Waals surface area contributed by atoms with Crippen LogP contribution in [0.2, 0.25) is 4.34 Å². The molecule has 0 bridgehead atoms. The monoisotopic (exact) mass is 307 g/mol. The van der Waals surface area contributed by atoms with Crippen LogP contribution in [0.1, 0.15) is 16.0 Å². The second-order valence-electron chi connectivity index (χ2n) is 4.27. The van der Waals surface area contributed by atoms with Crippen molar-refractivity contribution in [3.63, 3.8) is 0 Å². The number of carbonyl (C=O) groups excluding carboxylic acids is 1. The van der Waals surface area contributed by atoms with E-state index in [2.05, 4.69) is 15.8 Å². The van der Waals surface area contributed by atoms with Gasteiger partial charge in [-0.2, -0.15) is 5.10 Å². The van der Waals surface area contributed by atoms with Crippen LogP contribution in [0.5, 0.6) is 0 Å². The maximum Gasteiger partial charge on any atom is 0.339 e. The average molecular weight is 308 g/mol. The molecule has 1 aromatic carbocycles. The molecular weight excluding hydrogens is 294 g/mol. The fraction of sp³-hybridized carbons (Fsp3) is 0.143. The van der Waals surface area contributed by atoms with E-state index in [0.717, 1.165) is 16.1 Å².